The predicted octanol–water partition coefficient (Wildman–Crippen LogP) is 0.176. The molecule has 1 unspecified atom stereocenters. The highest BCUT2D eigenvalue weighted by molar-refractivity contribution is 5.74. The molecule has 0 heterocycles. The van der Waals surface area contributed by atoms with Gasteiger partial charge in [-0.15, -0.1) is 0 Å². The molecule has 0 aliphatic carbocycles. The Morgan fingerprint density at radius 3 is 2.69 bits per heavy atom. The van der Waals surface area contributed by atoms with Gasteiger partial charge in [0.05, 0.1) is 4.92 Å². The van der Waals surface area contributed by atoms with E-state index in [1.807, 2.05) is 0 Å². The number of hydrogen-bond acceptors (Lipinski definition) is 5. The molecule has 0 fully saturated rings. The van der Waals surface area contributed by atoms with Gasteiger partial charge in [0.25, 0.3) is 5.69 Å². The third-order valence-corrected chi connectivity index (χ3v) is 2.04. The third kappa shape index (κ3) is 2.67. The summed E-state index contributed by atoms with van der Waals surface area (Å²) < 4.78 is 0. The van der Waals surface area contributed by atoms with Crippen LogP contribution in [0.4, 0.5) is 5.69 Å². The average Bonchev–Trinajstić information content (AvgIpc) is 2.16. The molecule has 86 valence electrons. The molecule has 0 radical (unpaired) electrons. The van der Waals surface area contributed by atoms with Crippen molar-refractivity contribution in [2.24, 2.45) is 11.5 Å². The van der Waals surface area contributed by atoms with E-state index in [0.717, 1.165) is 18.2 Å². The van der Waals surface area contributed by atoms with Crippen LogP contribution in [0.5, 0.6) is 5.75 Å². The lowest BCUT2D eigenvalue weighted by Gasteiger charge is -2.11. The van der Waals surface area contributed by atoms with Crippen molar-refractivity contribution in [2.45, 2.75) is 12.5 Å². The number of nitro benzene ring substituents is 1. The van der Waals surface area contributed by atoms with Crippen molar-refractivity contribution in [3.05, 3.63) is 33.9 Å². The topological polar surface area (TPSA) is 132 Å². The van der Waals surface area contributed by atoms with E-state index in [-0.39, 0.29) is 23.4 Å². The van der Waals surface area contributed by atoms with Crippen molar-refractivity contribution in [1.82, 2.24) is 0 Å². The summed E-state index contributed by atoms with van der Waals surface area (Å²) in [6.45, 7) is 0. The summed E-state index contributed by atoms with van der Waals surface area (Å²) in [5, 5.41) is 19.9. The standard InChI is InChI=1S/C9H11N3O4/c10-7(4-9(11)14)6-3-5(12(15)16)1-2-8(6)13/h1-3,7,13H,4,10H2,(H2,11,14). The van der Waals surface area contributed by atoms with Gasteiger partial charge in [-0.05, 0) is 6.07 Å². The normalized spacial score (nSPS) is 12.1. The number of nitro groups is 1. The van der Waals surface area contributed by atoms with Crippen LogP contribution < -0.4 is 11.5 Å². The fourth-order valence-electron chi connectivity index (χ4n) is 1.28. The molecule has 0 aliphatic heterocycles. The van der Waals surface area contributed by atoms with Gasteiger partial charge in [-0.2, -0.15) is 0 Å². The molecule has 7 nitrogen and oxygen atoms in total. The molecule has 0 saturated carbocycles. The molecule has 7 heteroatoms. The number of carbonyl (C=O) groups excluding carboxylic acids is 1. The SMILES string of the molecule is NC(=O)CC(N)c1cc([N+](=O)[O-])ccc1O. The van der Waals surface area contributed by atoms with E-state index >= 15 is 0 Å². The average molecular weight is 225 g/mol. The highest BCUT2D eigenvalue weighted by Gasteiger charge is 2.17. The molecule has 1 aromatic carbocycles. The monoisotopic (exact) mass is 225 g/mol. The summed E-state index contributed by atoms with van der Waals surface area (Å²) in [7, 11) is 0. The maximum atomic E-state index is 10.6. The first-order valence-corrected chi connectivity index (χ1v) is 4.43. The van der Waals surface area contributed by atoms with Crippen LogP contribution in [0.2, 0.25) is 0 Å². The lowest BCUT2D eigenvalue weighted by atomic mass is 10.0. The maximum Gasteiger partial charge on any atom is 0.270 e. The van der Waals surface area contributed by atoms with Crippen molar-refractivity contribution >= 4 is 11.6 Å². The van der Waals surface area contributed by atoms with Crippen LogP contribution in [0.3, 0.4) is 0 Å². The largest absolute Gasteiger partial charge is 0.508 e. The first-order valence-electron chi connectivity index (χ1n) is 4.43. The van der Waals surface area contributed by atoms with Gasteiger partial charge < -0.3 is 16.6 Å². The summed E-state index contributed by atoms with van der Waals surface area (Å²) in [5.74, 6) is -0.835. The first kappa shape index (κ1) is 11.9. The van der Waals surface area contributed by atoms with Gasteiger partial charge in [0.1, 0.15) is 5.75 Å². The minimum absolute atomic E-state index is 0.132. The zero-order valence-electron chi connectivity index (χ0n) is 8.29. The van der Waals surface area contributed by atoms with Gasteiger partial charge in [-0.25, -0.2) is 0 Å². The van der Waals surface area contributed by atoms with Crippen LogP contribution in [-0.2, 0) is 4.79 Å². The van der Waals surface area contributed by atoms with Crippen molar-refractivity contribution in [3.63, 3.8) is 0 Å². The summed E-state index contributed by atoms with van der Waals surface area (Å²) >= 11 is 0. The zero-order valence-corrected chi connectivity index (χ0v) is 8.29. The maximum absolute atomic E-state index is 10.6. The Kier molecular flexibility index (Phi) is 3.41. The lowest BCUT2D eigenvalue weighted by Crippen LogP contribution is -2.20. The highest BCUT2D eigenvalue weighted by Crippen LogP contribution is 2.28. The zero-order chi connectivity index (χ0) is 12.3. The van der Waals surface area contributed by atoms with Crippen LogP contribution in [-0.4, -0.2) is 15.9 Å². The van der Waals surface area contributed by atoms with E-state index in [1.165, 1.54) is 0 Å². The van der Waals surface area contributed by atoms with E-state index in [4.69, 9.17) is 11.5 Å². The minimum Gasteiger partial charge on any atom is -0.508 e. The number of phenols is 1. The van der Waals surface area contributed by atoms with Crippen LogP contribution >= 0.6 is 0 Å². The molecule has 1 atom stereocenters. The number of primary amides is 1. The quantitative estimate of drug-likeness (QED) is 0.496. The molecule has 0 saturated heterocycles. The van der Waals surface area contributed by atoms with Crippen molar-refractivity contribution in [1.29, 1.82) is 0 Å². The molecule has 5 N–H and O–H groups in total. The Morgan fingerprint density at radius 1 is 1.56 bits per heavy atom. The van der Waals surface area contributed by atoms with Gasteiger partial charge in [0.15, 0.2) is 0 Å². The van der Waals surface area contributed by atoms with Crippen LogP contribution in [0, 0.1) is 10.1 Å². The predicted molar refractivity (Wildman–Crippen MR) is 55.5 cm³/mol. The second-order valence-electron chi connectivity index (χ2n) is 3.28. The number of amides is 1. The van der Waals surface area contributed by atoms with Gasteiger partial charge in [-0.3, -0.25) is 14.9 Å². The Balaban J connectivity index is 3.06. The fraction of sp³-hybridized carbons (Fsp3) is 0.222. The Bertz CT molecular complexity index is 433. The van der Waals surface area contributed by atoms with E-state index < -0.39 is 16.9 Å². The molecule has 0 bridgehead atoms. The minimum atomic E-state index is -0.850. The molecule has 0 aromatic heterocycles. The highest BCUT2D eigenvalue weighted by atomic mass is 16.6. The second-order valence-corrected chi connectivity index (χ2v) is 3.28. The molecule has 1 rings (SSSR count). The number of aromatic hydroxyl groups is 1. The summed E-state index contributed by atoms with van der Waals surface area (Å²) in [4.78, 5) is 20.5. The molecular formula is C9H11N3O4. The number of hydrogen-bond donors (Lipinski definition) is 3. The van der Waals surface area contributed by atoms with Crippen LogP contribution in [0.1, 0.15) is 18.0 Å². The molecule has 0 spiro atoms. The molecular weight excluding hydrogens is 214 g/mol. The summed E-state index contributed by atoms with van der Waals surface area (Å²) in [5.41, 5.74) is 10.5. The lowest BCUT2D eigenvalue weighted by molar-refractivity contribution is -0.385. The number of nitrogens with zero attached hydrogens (tertiary/aromatic N) is 1. The number of rotatable bonds is 4. The van der Waals surface area contributed by atoms with Crippen LogP contribution in [0.25, 0.3) is 0 Å². The number of phenolic OH excluding ortho intramolecular Hbond substituents is 1. The first-order chi connectivity index (χ1) is 7.41. The molecule has 1 amide bonds. The third-order valence-electron chi connectivity index (χ3n) is 2.04. The van der Waals surface area contributed by atoms with Gasteiger partial charge >= 0.3 is 0 Å². The molecule has 1 aromatic rings. The molecule has 16 heavy (non-hydrogen) atoms. The molecule has 0 aliphatic rings. The second kappa shape index (κ2) is 4.58. The van der Waals surface area contributed by atoms with Crippen molar-refractivity contribution in [2.75, 3.05) is 0 Å². The van der Waals surface area contributed by atoms with Crippen molar-refractivity contribution < 1.29 is 14.8 Å². The van der Waals surface area contributed by atoms with Crippen molar-refractivity contribution in [3.8, 4) is 5.75 Å². The number of carbonyl (C=O) groups is 1. The van der Waals surface area contributed by atoms with E-state index in [2.05, 4.69) is 0 Å². The van der Waals surface area contributed by atoms with Gasteiger partial charge in [0.2, 0.25) is 5.91 Å². The Labute approximate surface area is 90.8 Å². The summed E-state index contributed by atoms with van der Waals surface area (Å²) in [6, 6.07) is 2.59. The number of benzene rings is 1. The van der Waals surface area contributed by atoms with E-state index in [1.54, 1.807) is 0 Å². The van der Waals surface area contributed by atoms with E-state index in [9.17, 15) is 20.0 Å². The number of nitrogens with two attached hydrogens (primary N) is 2. The Hall–Kier alpha value is -2.15. The van der Waals surface area contributed by atoms with Crippen LogP contribution in [0.15, 0.2) is 18.2 Å². The van der Waals surface area contributed by atoms with Gasteiger partial charge in [0, 0.05) is 30.2 Å². The Morgan fingerprint density at radius 2 is 2.19 bits per heavy atom. The fourth-order valence-corrected chi connectivity index (χ4v) is 1.28. The number of non-ortho nitro benzene ring substituents is 1. The smallest absolute Gasteiger partial charge is 0.270 e. The van der Waals surface area contributed by atoms with E-state index in [0.29, 0.717) is 0 Å². The summed E-state index contributed by atoms with van der Waals surface area (Å²) in [6.07, 6.45) is -0.186. The van der Waals surface area contributed by atoms with Gasteiger partial charge in [-0.1, -0.05) is 0 Å².